The third kappa shape index (κ3) is 3.43. The van der Waals surface area contributed by atoms with Crippen LogP contribution in [0.4, 0.5) is 5.82 Å². The van der Waals surface area contributed by atoms with E-state index >= 15 is 0 Å². The predicted octanol–water partition coefficient (Wildman–Crippen LogP) is 2.45. The van der Waals surface area contributed by atoms with Crippen LogP contribution in [0, 0.1) is 0 Å². The minimum Gasteiger partial charge on any atom is -0.459 e. The Morgan fingerprint density at radius 3 is 2.68 bits per heavy atom. The second-order valence-electron chi connectivity index (χ2n) is 7.05. The van der Waals surface area contributed by atoms with E-state index in [9.17, 15) is 4.79 Å². The molecule has 6 heteroatoms. The SMILES string of the molecule is CC(C)(C)OC(=O)CN1C[C@H]2C[C@@H]1CN2c1ccc(Br)cn1. The van der Waals surface area contributed by atoms with E-state index < -0.39 is 5.60 Å². The van der Waals surface area contributed by atoms with Gasteiger partial charge in [0, 0.05) is 35.8 Å². The minimum absolute atomic E-state index is 0.131. The molecule has 2 atom stereocenters. The highest BCUT2D eigenvalue weighted by atomic mass is 79.9. The molecular formula is C16H22BrN3O2. The smallest absolute Gasteiger partial charge is 0.320 e. The molecule has 1 aromatic heterocycles. The molecule has 2 fully saturated rings. The zero-order valence-corrected chi connectivity index (χ0v) is 14.8. The minimum atomic E-state index is -0.413. The van der Waals surface area contributed by atoms with Crippen LogP contribution in [0.3, 0.4) is 0 Å². The van der Waals surface area contributed by atoms with E-state index in [0.717, 1.165) is 29.8 Å². The summed E-state index contributed by atoms with van der Waals surface area (Å²) in [5.41, 5.74) is -0.413. The van der Waals surface area contributed by atoms with Crippen LogP contribution in [0.5, 0.6) is 0 Å². The zero-order valence-electron chi connectivity index (χ0n) is 13.3. The number of pyridine rings is 1. The standard InChI is InChI=1S/C16H22BrN3O2/c1-16(2,3)22-15(21)10-19-8-13-6-12(19)9-20(13)14-5-4-11(17)7-18-14/h4-5,7,12-13H,6,8-10H2,1-3H3/t12-,13-/m1/s1. The summed E-state index contributed by atoms with van der Waals surface area (Å²) >= 11 is 3.41. The third-order valence-corrected chi connectivity index (χ3v) is 4.58. The maximum absolute atomic E-state index is 12.0. The van der Waals surface area contributed by atoms with E-state index in [1.165, 1.54) is 0 Å². The average molecular weight is 368 g/mol. The first-order valence-electron chi connectivity index (χ1n) is 7.66. The molecule has 3 rings (SSSR count). The molecule has 2 aliphatic heterocycles. The predicted molar refractivity (Wildman–Crippen MR) is 88.9 cm³/mol. The normalized spacial score (nSPS) is 24.8. The Morgan fingerprint density at radius 2 is 2.14 bits per heavy atom. The van der Waals surface area contributed by atoms with Crippen molar-refractivity contribution in [2.75, 3.05) is 24.5 Å². The van der Waals surface area contributed by atoms with Crippen molar-refractivity contribution in [3.63, 3.8) is 0 Å². The summed E-state index contributed by atoms with van der Waals surface area (Å²) in [4.78, 5) is 21.1. The number of fused-ring (bicyclic) bond motifs is 2. The first-order valence-corrected chi connectivity index (χ1v) is 8.45. The maximum atomic E-state index is 12.0. The summed E-state index contributed by atoms with van der Waals surface area (Å²) in [6.45, 7) is 7.94. The molecule has 22 heavy (non-hydrogen) atoms. The van der Waals surface area contributed by atoms with E-state index in [-0.39, 0.29) is 5.97 Å². The molecule has 1 aromatic rings. The van der Waals surface area contributed by atoms with Gasteiger partial charge in [-0.25, -0.2) is 4.98 Å². The number of halogens is 1. The number of rotatable bonds is 3. The first-order chi connectivity index (χ1) is 10.3. The molecule has 2 bridgehead atoms. The van der Waals surface area contributed by atoms with Crippen LogP contribution in [-0.2, 0) is 9.53 Å². The van der Waals surface area contributed by atoms with E-state index in [1.54, 1.807) is 0 Å². The van der Waals surface area contributed by atoms with Crippen molar-refractivity contribution in [3.05, 3.63) is 22.8 Å². The van der Waals surface area contributed by atoms with Gasteiger partial charge in [0.2, 0.25) is 0 Å². The van der Waals surface area contributed by atoms with Crippen molar-refractivity contribution in [2.24, 2.45) is 0 Å². The van der Waals surface area contributed by atoms with Crippen LogP contribution in [0.15, 0.2) is 22.8 Å². The summed E-state index contributed by atoms with van der Waals surface area (Å²) in [6.07, 6.45) is 2.93. The van der Waals surface area contributed by atoms with Crippen molar-refractivity contribution < 1.29 is 9.53 Å². The van der Waals surface area contributed by atoms with Gasteiger partial charge in [-0.3, -0.25) is 9.69 Å². The Labute approximate surface area is 139 Å². The van der Waals surface area contributed by atoms with Crippen LogP contribution in [0.25, 0.3) is 0 Å². The summed E-state index contributed by atoms with van der Waals surface area (Å²) in [5.74, 6) is 0.890. The molecule has 5 nitrogen and oxygen atoms in total. The fourth-order valence-corrected chi connectivity index (χ4v) is 3.54. The maximum Gasteiger partial charge on any atom is 0.320 e. The number of carbonyl (C=O) groups excluding carboxylic acids is 1. The molecule has 120 valence electrons. The monoisotopic (exact) mass is 367 g/mol. The molecule has 0 aliphatic carbocycles. The lowest BCUT2D eigenvalue weighted by atomic mass is 10.2. The number of hydrogen-bond acceptors (Lipinski definition) is 5. The Hall–Kier alpha value is -1.14. The Morgan fingerprint density at radius 1 is 1.36 bits per heavy atom. The highest BCUT2D eigenvalue weighted by Gasteiger charge is 2.44. The first kappa shape index (κ1) is 15.7. The lowest BCUT2D eigenvalue weighted by Gasteiger charge is -2.34. The van der Waals surface area contributed by atoms with E-state index in [1.807, 2.05) is 39.1 Å². The number of aromatic nitrogens is 1. The summed E-state index contributed by atoms with van der Waals surface area (Å²) in [6, 6.07) is 4.93. The van der Waals surface area contributed by atoms with E-state index in [0.29, 0.717) is 18.6 Å². The molecule has 0 spiro atoms. The van der Waals surface area contributed by atoms with E-state index in [4.69, 9.17) is 4.74 Å². The lowest BCUT2D eigenvalue weighted by Crippen LogP contribution is -2.49. The Bertz CT molecular complexity index is 556. The zero-order chi connectivity index (χ0) is 15.9. The fourth-order valence-electron chi connectivity index (χ4n) is 3.30. The summed E-state index contributed by atoms with van der Waals surface area (Å²) < 4.78 is 6.41. The van der Waals surface area contributed by atoms with Gasteiger partial charge in [0.15, 0.2) is 0 Å². The molecule has 2 saturated heterocycles. The molecule has 2 aliphatic rings. The molecule has 0 N–H and O–H groups in total. The molecule has 0 saturated carbocycles. The highest BCUT2D eigenvalue weighted by molar-refractivity contribution is 9.10. The second kappa shape index (κ2) is 5.81. The quantitative estimate of drug-likeness (QED) is 0.767. The second-order valence-corrected chi connectivity index (χ2v) is 7.96. The van der Waals surface area contributed by atoms with Gasteiger partial charge in [0.1, 0.15) is 11.4 Å². The van der Waals surface area contributed by atoms with Gasteiger partial charge >= 0.3 is 5.97 Å². The molecule has 3 heterocycles. The van der Waals surface area contributed by atoms with Crippen molar-refractivity contribution >= 4 is 27.7 Å². The number of anilines is 1. The fraction of sp³-hybridized carbons (Fsp3) is 0.625. The summed E-state index contributed by atoms with van der Waals surface area (Å²) in [7, 11) is 0. The number of carbonyl (C=O) groups is 1. The molecule has 0 aromatic carbocycles. The van der Waals surface area contributed by atoms with Gasteiger partial charge in [-0.2, -0.15) is 0 Å². The van der Waals surface area contributed by atoms with Gasteiger partial charge in [-0.15, -0.1) is 0 Å². The van der Waals surface area contributed by atoms with Crippen LogP contribution in [0.2, 0.25) is 0 Å². The van der Waals surface area contributed by atoms with Crippen molar-refractivity contribution in [1.29, 1.82) is 0 Å². The van der Waals surface area contributed by atoms with Crippen molar-refractivity contribution in [1.82, 2.24) is 9.88 Å². The van der Waals surface area contributed by atoms with Gasteiger partial charge in [0.25, 0.3) is 0 Å². The Kier molecular flexibility index (Phi) is 4.16. The van der Waals surface area contributed by atoms with Crippen LogP contribution < -0.4 is 4.90 Å². The van der Waals surface area contributed by atoms with Crippen molar-refractivity contribution in [2.45, 2.75) is 44.9 Å². The number of hydrogen-bond donors (Lipinski definition) is 0. The number of piperazine rings is 1. The van der Waals surface area contributed by atoms with E-state index in [2.05, 4.69) is 30.7 Å². The Balaban J connectivity index is 1.58. The van der Waals surface area contributed by atoms with Crippen LogP contribution in [-0.4, -0.2) is 53.2 Å². The average Bonchev–Trinajstić information content (AvgIpc) is 2.96. The molecule has 0 unspecified atom stereocenters. The number of nitrogens with zero attached hydrogens (tertiary/aromatic N) is 3. The lowest BCUT2D eigenvalue weighted by molar-refractivity contribution is -0.156. The molecular weight excluding hydrogens is 346 g/mol. The number of esters is 1. The van der Waals surface area contributed by atoms with Gasteiger partial charge < -0.3 is 9.64 Å². The topological polar surface area (TPSA) is 45.7 Å². The molecule has 0 amide bonds. The number of ether oxygens (including phenoxy) is 1. The van der Waals surface area contributed by atoms with Gasteiger partial charge in [-0.05, 0) is 55.3 Å². The highest BCUT2D eigenvalue weighted by Crippen LogP contribution is 2.33. The third-order valence-electron chi connectivity index (χ3n) is 4.11. The van der Waals surface area contributed by atoms with Gasteiger partial charge in [-0.1, -0.05) is 0 Å². The van der Waals surface area contributed by atoms with Gasteiger partial charge in [0.05, 0.1) is 6.54 Å². The van der Waals surface area contributed by atoms with Crippen molar-refractivity contribution in [3.8, 4) is 0 Å². The van der Waals surface area contributed by atoms with Crippen LogP contribution >= 0.6 is 15.9 Å². The summed E-state index contributed by atoms with van der Waals surface area (Å²) in [5, 5.41) is 0. The number of likely N-dealkylation sites (tertiary alicyclic amines) is 1. The largest absolute Gasteiger partial charge is 0.459 e. The van der Waals surface area contributed by atoms with Crippen LogP contribution in [0.1, 0.15) is 27.2 Å². The molecule has 0 radical (unpaired) electrons.